The van der Waals surface area contributed by atoms with Crippen LogP contribution in [0.1, 0.15) is 50.2 Å². The Bertz CT molecular complexity index is 1280. The van der Waals surface area contributed by atoms with Crippen molar-refractivity contribution >= 4 is 23.0 Å². The molecule has 4 rings (SSSR count). The van der Waals surface area contributed by atoms with Gasteiger partial charge in [0.05, 0.1) is 20.1 Å². The van der Waals surface area contributed by atoms with E-state index < -0.39 is 0 Å². The van der Waals surface area contributed by atoms with Gasteiger partial charge in [-0.3, -0.25) is 9.36 Å². The number of carbonyl (C=O) groups excluding carboxylic acids is 1. The van der Waals surface area contributed by atoms with Crippen molar-refractivity contribution in [3.8, 4) is 6.01 Å². The number of nitrogen functional groups attached to an aromatic ring is 1. The van der Waals surface area contributed by atoms with E-state index in [1.807, 2.05) is 18.2 Å². The van der Waals surface area contributed by atoms with Crippen molar-refractivity contribution in [2.75, 3.05) is 45.6 Å². The van der Waals surface area contributed by atoms with Crippen LogP contribution in [0.3, 0.4) is 0 Å². The van der Waals surface area contributed by atoms with Gasteiger partial charge in [0, 0.05) is 13.1 Å². The standard InChI is InChI=1S/C28H41N7O4/c1-3-4-15-39-27-32-25(29)24-26(33-27)35(28(37)31-24)19-20-9-13-34(14-10-20)12-6-11-30-18-22-8-5-7-21(16-22)17-23(36)38-2/h5,7-8,16,20,30H,3-4,6,9-15,17-19H2,1-2H3,(H,31,37)(H2,29,32,33). The van der Waals surface area contributed by atoms with Crippen LogP contribution in [-0.4, -0.2) is 70.3 Å². The first-order valence-corrected chi connectivity index (χ1v) is 13.9. The lowest BCUT2D eigenvalue weighted by Crippen LogP contribution is -2.37. The summed E-state index contributed by atoms with van der Waals surface area (Å²) in [5.74, 6) is 0.409. The topological polar surface area (TPSA) is 140 Å². The number of carbonyl (C=O) groups is 1. The highest BCUT2D eigenvalue weighted by Crippen LogP contribution is 2.23. The van der Waals surface area contributed by atoms with Crippen molar-refractivity contribution in [3.05, 3.63) is 45.9 Å². The predicted octanol–water partition coefficient (Wildman–Crippen LogP) is 2.49. The lowest BCUT2D eigenvalue weighted by atomic mass is 9.96. The highest BCUT2D eigenvalue weighted by Gasteiger charge is 2.22. The van der Waals surface area contributed by atoms with Gasteiger partial charge in [-0.05, 0) is 68.9 Å². The summed E-state index contributed by atoms with van der Waals surface area (Å²) >= 11 is 0. The minimum Gasteiger partial charge on any atom is -0.469 e. The van der Waals surface area contributed by atoms with E-state index in [4.69, 9.17) is 15.2 Å². The second-order valence-electron chi connectivity index (χ2n) is 10.2. The second-order valence-corrected chi connectivity index (χ2v) is 10.2. The van der Waals surface area contributed by atoms with Gasteiger partial charge in [-0.1, -0.05) is 37.6 Å². The Morgan fingerprint density at radius 3 is 2.77 bits per heavy atom. The fourth-order valence-electron chi connectivity index (χ4n) is 4.97. The number of nitrogens with zero attached hydrogens (tertiary/aromatic N) is 4. The molecule has 0 atom stereocenters. The molecule has 4 N–H and O–H groups in total. The number of H-pyrrole nitrogens is 1. The molecule has 0 aliphatic carbocycles. The van der Waals surface area contributed by atoms with E-state index in [0.717, 1.165) is 76.0 Å². The number of piperidine rings is 1. The van der Waals surface area contributed by atoms with Gasteiger partial charge in [-0.15, -0.1) is 0 Å². The molecule has 0 bridgehead atoms. The number of likely N-dealkylation sites (tertiary alicyclic amines) is 1. The van der Waals surface area contributed by atoms with Crippen molar-refractivity contribution in [2.45, 2.75) is 58.5 Å². The molecule has 0 unspecified atom stereocenters. The number of imidazole rings is 1. The SMILES string of the molecule is CCCCOc1nc(N)c2[nH]c(=O)n(CC3CCN(CCCNCc4cccc(CC(=O)OC)c4)CC3)c2n1. The molecule has 2 aromatic heterocycles. The molecule has 3 aromatic rings. The van der Waals surface area contributed by atoms with Crippen LogP contribution in [-0.2, 0) is 29.0 Å². The number of nitrogens with one attached hydrogen (secondary N) is 2. The molecule has 0 spiro atoms. The number of hydrogen-bond donors (Lipinski definition) is 3. The van der Waals surface area contributed by atoms with Crippen molar-refractivity contribution in [3.63, 3.8) is 0 Å². The minimum atomic E-state index is -0.224. The summed E-state index contributed by atoms with van der Waals surface area (Å²) in [5.41, 5.74) is 9.00. The van der Waals surface area contributed by atoms with Gasteiger partial charge in [-0.25, -0.2) is 4.79 Å². The van der Waals surface area contributed by atoms with Crippen molar-refractivity contribution in [1.82, 2.24) is 29.7 Å². The first-order valence-electron chi connectivity index (χ1n) is 13.9. The maximum absolute atomic E-state index is 12.7. The maximum atomic E-state index is 12.7. The molecule has 11 heteroatoms. The van der Waals surface area contributed by atoms with Gasteiger partial charge in [0.2, 0.25) is 0 Å². The number of nitrogens with two attached hydrogens (primary N) is 1. The van der Waals surface area contributed by atoms with Gasteiger partial charge in [0.25, 0.3) is 0 Å². The average molecular weight is 540 g/mol. The Morgan fingerprint density at radius 2 is 2.00 bits per heavy atom. The van der Waals surface area contributed by atoms with Gasteiger partial charge >= 0.3 is 17.7 Å². The molecule has 3 heterocycles. The number of aromatic nitrogens is 4. The first-order chi connectivity index (χ1) is 19.0. The average Bonchev–Trinajstić information content (AvgIpc) is 3.25. The van der Waals surface area contributed by atoms with E-state index in [1.54, 1.807) is 4.57 Å². The van der Waals surface area contributed by atoms with E-state index in [9.17, 15) is 9.59 Å². The number of fused-ring (bicyclic) bond motifs is 1. The van der Waals surface area contributed by atoms with Crippen LogP contribution in [0.2, 0.25) is 0 Å². The zero-order chi connectivity index (χ0) is 27.6. The van der Waals surface area contributed by atoms with Crippen LogP contribution in [0.25, 0.3) is 11.2 Å². The van der Waals surface area contributed by atoms with Gasteiger partial charge in [-0.2, -0.15) is 9.97 Å². The highest BCUT2D eigenvalue weighted by molar-refractivity contribution is 5.81. The van der Waals surface area contributed by atoms with E-state index >= 15 is 0 Å². The maximum Gasteiger partial charge on any atom is 0.327 e. The Morgan fingerprint density at radius 1 is 1.21 bits per heavy atom. The third kappa shape index (κ3) is 8.03. The molecule has 1 aliphatic rings. The van der Waals surface area contributed by atoms with Crippen molar-refractivity contribution < 1.29 is 14.3 Å². The number of aromatic amines is 1. The Hall–Kier alpha value is -3.44. The molecular formula is C28H41N7O4. The molecule has 11 nitrogen and oxygen atoms in total. The number of anilines is 1. The summed E-state index contributed by atoms with van der Waals surface area (Å²) in [5, 5.41) is 3.51. The van der Waals surface area contributed by atoms with Crippen LogP contribution in [0.4, 0.5) is 5.82 Å². The molecule has 0 amide bonds. The summed E-state index contributed by atoms with van der Waals surface area (Å²) in [7, 11) is 1.41. The van der Waals surface area contributed by atoms with Crippen LogP contribution in [0.15, 0.2) is 29.1 Å². The molecule has 1 fully saturated rings. The molecule has 212 valence electrons. The summed E-state index contributed by atoms with van der Waals surface area (Å²) in [4.78, 5) is 38.2. The number of rotatable bonds is 14. The molecule has 1 aromatic carbocycles. The fraction of sp³-hybridized carbons (Fsp3) is 0.571. The van der Waals surface area contributed by atoms with Crippen LogP contribution in [0, 0.1) is 5.92 Å². The van der Waals surface area contributed by atoms with E-state index in [-0.39, 0.29) is 23.5 Å². The van der Waals surface area contributed by atoms with E-state index in [0.29, 0.717) is 36.7 Å². The Kier molecular flexibility index (Phi) is 10.3. The van der Waals surface area contributed by atoms with Crippen LogP contribution < -0.4 is 21.5 Å². The molecule has 0 saturated carbocycles. The zero-order valence-electron chi connectivity index (χ0n) is 23.1. The Balaban J connectivity index is 1.20. The minimum absolute atomic E-state index is 0.207. The molecule has 39 heavy (non-hydrogen) atoms. The van der Waals surface area contributed by atoms with E-state index in [1.165, 1.54) is 7.11 Å². The molecular weight excluding hydrogens is 498 g/mol. The number of ether oxygens (including phenoxy) is 2. The van der Waals surface area contributed by atoms with Gasteiger partial charge < -0.3 is 30.4 Å². The van der Waals surface area contributed by atoms with Gasteiger partial charge in [0.1, 0.15) is 5.52 Å². The smallest absolute Gasteiger partial charge is 0.327 e. The highest BCUT2D eigenvalue weighted by atomic mass is 16.5. The summed E-state index contributed by atoms with van der Waals surface area (Å²) in [6.07, 6.45) is 5.33. The van der Waals surface area contributed by atoms with Crippen LogP contribution >= 0.6 is 0 Å². The van der Waals surface area contributed by atoms with Crippen molar-refractivity contribution in [1.29, 1.82) is 0 Å². The first kappa shape index (κ1) is 28.6. The monoisotopic (exact) mass is 539 g/mol. The summed E-state index contributed by atoms with van der Waals surface area (Å²) in [6, 6.07) is 8.26. The number of unbranched alkanes of at least 4 members (excludes halogenated alkanes) is 1. The third-order valence-corrected chi connectivity index (χ3v) is 7.23. The Labute approximate surface area is 229 Å². The second kappa shape index (κ2) is 14.1. The zero-order valence-corrected chi connectivity index (χ0v) is 23.1. The molecule has 1 saturated heterocycles. The quantitative estimate of drug-likeness (QED) is 0.208. The molecule has 1 aliphatic heterocycles. The largest absolute Gasteiger partial charge is 0.469 e. The normalized spacial score (nSPS) is 14.6. The molecule has 0 radical (unpaired) electrons. The number of hydrogen-bond acceptors (Lipinski definition) is 9. The lowest BCUT2D eigenvalue weighted by molar-refractivity contribution is -0.139. The van der Waals surface area contributed by atoms with E-state index in [2.05, 4.69) is 38.2 Å². The fourth-order valence-corrected chi connectivity index (χ4v) is 4.97. The number of esters is 1. The van der Waals surface area contributed by atoms with Crippen molar-refractivity contribution in [2.24, 2.45) is 5.92 Å². The predicted molar refractivity (Wildman–Crippen MR) is 151 cm³/mol. The number of methoxy groups -OCH3 is 1. The third-order valence-electron chi connectivity index (χ3n) is 7.23. The van der Waals surface area contributed by atoms with Crippen LogP contribution in [0.5, 0.6) is 6.01 Å². The lowest BCUT2D eigenvalue weighted by Gasteiger charge is -2.32. The number of benzene rings is 1. The van der Waals surface area contributed by atoms with Gasteiger partial charge in [0.15, 0.2) is 11.5 Å². The summed E-state index contributed by atoms with van der Waals surface area (Å²) < 4.78 is 12.1. The summed E-state index contributed by atoms with van der Waals surface area (Å²) in [6.45, 7) is 7.98.